The first-order valence-electron chi connectivity index (χ1n) is 16.8. The molecule has 7 rings (SSSR count). The summed E-state index contributed by atoms with van der Waals surface area (Å²) < 4.78 is 0. The van der Waals surface area contributed by atoms with Gasteiger partial charge in [0, 0.05) is 55.1 Å². The molecule has 6 amide bonds. The SMILES string of the molecule is CCC1=C2CC[C@H]3C(=O)N(C)C(=O)[C@H]3[C@H]2[C@@](Cc2ccccc2)(C(=O)NCCc2c[nH]c3ccccc23)N(C(=O)NCC2CC2)C1=O. The molecule has 2 aromatic carbocycles. The summed E-state index contributed by atoms with van der Waals surface area (Å²) in [6, 6.07) is 16.6. The van der Waals surface area contributed by atoms with Crippen molar-refractivity contribution in [3.63, 3.8) is 0 Å². The number of benzene rings is 2. The first-order valence-corrected chi connectivity index (χ1v) is 16.8. The number of rotatable bonds is 9. The molecule has 2 aliphatic heterocycles. The summed E-state index contributed by atoms with van der Waals surface area (Å²) in [5.41, 5.74) is 2.17. The van der Waals surface area contributed by atoms with E-state index in [1.165, 1.54) is 11.9 Å². The Bertz CT molecular complexity index is 1790. The largest absolute Gasteiger partial charge is 0.361 e. The van der Waals surface area contributed by atoms with Gasteiger partial charge in [-0.2, -0.15) is 0 Å². The molecule has 4 atom stereocenters. The van der Waals surface area contributed by atoms with Gasteiger partial charge < -0.3 is 15.6 Å². The van der Waals surface area contributed by atoms with Crippen molar-refractivity contribution in [3.8, 4) is 0 Å². The predicted octanol–water partition coefficient (Wildman–Crippen LogP) is 4.12. The minimum absolute atomic E-state index is 0.00884. The smallest absolute Gasteiger partial charge is 0.325 e. The standard InChI is InChI=1S/C37H41N5O5/c1-3-25-27-15-16-28-30(34(45)41(2)32(28)43)31(27)37(19-22-9-5-4-6-10-22,42(33(25)44)36(47)40-20-23-13-14-23)35(46)38-18-17-24-21-39-29-12-8-7-11-26(24)29/h4-12,21,23,28,30-31,39H,3,13-20H2,1-2H3,(H,38,46)(H,40,47)/t28-,30-,31+,37+/m1/s1. The predicted molar refractivity (Wildman–Crippen MR) is 176 cm³/mol. The van der Waals surface area contributed by atoms with E-state index >= 15 is 4.79 Å². The van der Waals surface area contributed by atoms with Gasteiger partial charge in [0.15, 0.2) is 0 Å². The maximum absolute atomic E-state index is 15.1. The number of aromatic nitrogens is 1. The lowest BCUT2D eigenvalue weighted by Crippen LogP contribution is -2.73. The highest BCUT2D eigenvalue weighted by atomic mass is 16.2. The second-order valence-electron chi connectivity index (χ2n) is 13.5. The van der Waals surface area contributed by atoms with Crippen LogP contribution in [0, 0.1) is 23.7 Å². The lowest BCUT2D eigenvalue weighted by molar-refractivity contribution is -0.151. The maximum Gasteiger partial charge on any atom is 0.325 e. The number of nitrogens with one attached hydrogen (secondary N) is 3. The Hall–Kier alpha value is -4.73. The van der Waals surface area contributed by atoms with Crippen molar-refractivity contribution in [2.24, 2.45) is 23.7 Å². The van der Waals surface area contributed by atoms with Gasteiger partial charge in [-0.3, -0.25) is 24.1 Å². The average molecular weight is 636 g/mol. The lowest BCUT2D eigenvalue weighted by atomic mass is 9.57. The van der Waals surface area contributed by atoms with Crippen LogP contribution in [-0.4, -0.2) is 70.1 Å². The summed E-state index contributed by atoms with van der Waals surface area (Å²) >= 11 is 0. The molecule has 244 valence electrons. The molecule has 47 heavy (non-hydrogen) atoms. The Kier molecular flexibility index (Phi) is 7.98. The van der Waals surface area contributed by atoms with E-state index in [0.29, 0.717) is 43.7 Å². The fourth-order valence-electron chi connectivity index (χ4n) is 8.29. The van der Waals surface area contributed by atoms with Crippen LogP contribution in [0.3, 0.4) is 0 Å². The molecule has 3 heterocycles. The molecule has 3 N–H and O–H groups in total. The normalized spacial score (nSPS) is 25.7. The minimum Gasteiger partial charge on any atom is -0.361 e. The number of imide groups is 2. The second-order valence-corrected chi connectivity index (χ2v) is 13.5. The number of fused-ring (bicyclic) bond motifs is 4. The number of amides is 6. The van der Waals surface area contributed by atoms with Gasteiger partial charge in [-0.25, -0.2) is 9.69 Å². The number of hydrogen-bond donors (Lipinski definition) is 3. The van der Waals surface area contributed by atoms with Gasteiger partial charge in [-0.05, 0) is 61.6 Å². The van der Waals surface area contributed by atoms with E-state index in [1.807, 2.05) is 67.7 Å². The number of aromatic amines is 1. The van der Waals surface area contributed by atoms with Crippen molar-refractivity contribution < 1.29 is 24.0 Å². The molecular weight excluding hydrogens is 594 g/mol. The highest BCUT2D eigenvalue weighted by Gasteiger charge is 2.67. The number of nitrogens with zero attached hydrogens (tertiary/aromatic N) is 2. The quantitative estimate of drug-likeness (QED) is 0.305. The molecule has 0 unspecified atom stereocenters. The number of urea groups is 1. The first kappa shape index (κ1) is 30.9. The molecular formula is C37H41N5O5. The summed E-state index contributed by atoms with van der Waals surface area (Å²) in [5, 5.41) is 7.14. The van der Waals surface area contributed by atoms with Crippen LogP contribution in [-0.2, 0) is 32.0 Å². The topological polar surface area (TPSA) is 132 Å². The van der Waals surface area contributed by atoms with Gasteiger partial charge >= 0.3 is 6.03 Å². The van der Waals surface area contributed by atoms with Crippen LogP contribution < -0.4 is 10.6 Å². The van der Waals surface area contributed by atoms with Crippen LogP contribution >= 0.6 is 0 Å². The van der Waals surface area contributed by atoms with E-state index < -0.39 is 41.1 Å². The number of carbonyl (C=O) groups is 5. The van der Waals surface area contributed by atoms with Gasteiger partial charge in [0.05, 0.1) is 11.8 Å². The fourth-order valence-corrected chi connectivity index (χ4v) is 8.29. The van der Waals surface area contributed by atoms with Crippen LogP contribution in [0.1, 0.15) is 50.2 Å². The number of H-pyrrole nitrogens is 1. The van der Waals surface area contributed by atoms with E-state index in [9.17, 15) is 19.2 Å². The van der Waals surface area contributed by atoms with Crippen molar-refractivity contribution in [2.45, 2.75) is 57.4 Å². The molecule has 3 fully saturated rings. The summed E-state index contributed by atoms with van der Waals surface area (Å²) in [6.45, 7) is 2.51. The van der Waals surface area contributed by atoms with Gasteiger partial charge in [0.1, 0.15) is 5.54 Å². The van der Waals surface area contributed by atoms with Gasteiger partial charge in [0.25, 0.3) is 5.91 Å². The third-order valence-corrected chi connectivity index (χ3v) is 10.8. The minimum atomic E-state index is -1.79. The first-order chi connectivity index (χ1) is 22.8. The van der Waals surface area contributed by atoms with Crippen LogP contribution in [0.25, 0.3) is 10.9 Å². The highest BCUT2D eigenvalue weighted by Crippen LogP contribution is 2.55. The van der Waals surface area contributed by atoms with Crippen molar-refractivity contribution in [1.29, 1.82) is 0 Å². The van der Waals surface area contributed by atoms with Crippen LogP contribution in [0.15, 0.2) is 71.9 Å². The number of carbonyl (C=O) groups excluding carboxylic acids is 5. The Balaban J connectivity index is 1.36. The Morgan fingerprint density at radius 1 is 0.957 bits per heavy atom. The highest BCUT2D eigenvalue weighted by molar-refractivity contribution is 6.12. The number of likely N-dealkylation sites (tertiary alicyclic amines) is 1. The zero-order valence-electron chi connectivity index (χ0n) is 26.9. The van der Waals surface area contributed by atoms with E-state index in [4.69, 9.17) is 0 Å². The van der Waals surface area contributed by atoms with E-state index in [2.05, 4.69) is 15.6 Å². The molecule has 0 radical (unpaired) electrons. The van der Waals surface area contributed by atoms with Crippen LogP contribution in [0.5, 0.6) is 0 Å². The maximum atomic E-state index is 15.1. The third kappa shape index (κ3) is 5.14. The molecule has 10 heteroatoms. The van der Waals surface area contributed by atoms with E-state index in [0.717, 1.165) is 45.3 Å². The molecule has 2 aliphatic carbocycles. The van der Waals surface area contributed by atoms with Crippen molar-refractivity contribution in [1.82, 2.24) is 25.4 Å². The Labute approximate surface area is 273 Å². The Morgan fingerprint density at radius 2 is 1.70 bits per heavy atom. The van der Waals surface area contributed by atoms with Crippen molar-refractivity contribution in [3.05, 3.63) is 83.1 Å². The van der Waals surface area contributed by atoms with Gasteiger partial charge in [0.2, 0.25) is 17.7 Å². The van der Waals surface area contributed by atoms with Crippen molar-refractivity contribution in [2.75, 3.05) is 20.1 Å². The zero-order valence-corrected chi connectivity index (χ0v) is 26.9. The van der Waals surface area contributed by atoms with Gasteiger partial charge in [-0.1, -0.05) is 61.0 Å². The molecule has 0 spiro atoms. The number of para-hydroxylation sites is 1. The summed E-state index contributed by atoms with van der Waals surface area (Å²) in [7, 11) is 1.49. The lowest BCUT2D eigenvalue weighted by Gasteiger charge is -2.54. The van der Waals surface area contributed by atoms with Gasteiger partial charge in [-0.15, -0.1) is 0 Å². The average Bonchev–Trinajstić information content (AvgIpc) is 3.79. The zero-order chi connectivity index (χ0) is 32.9. The number of hydrogen-bond acceptors (Lipinski definition) is 5. The molecule has 10 nitrogen and oxygen atoms in total. The summed E-state index contributed by atoms with van der Waals surface area (Å²) in [5.74, 6) is -3.64. The molecule has 0 bridgehead atoms. The summed E-state index contributed by atoms with van der Waals surface area (Å²) in [4.78, 5) is 77.0. The third-order valence-electron chi connectivity index (χ3n) is 10.8. The molecule has 1 saturated heterocycles. The van der Waals surface area contributed by atoms with Crippen molar-refractivity contribution >= 4 is 40.6 Å². The summed E-state index contributed by atoms with van der Waals surface area (Å²) in [6.07, 6.45) is 5.61. The molecule has 1 aromatic heterocycles. The van der Waals surface area contributed by atoms with E-state index in [1.54, 1.807) is 0 Å². The Morgan fingerprint density at radius 3 is 2.45 bits per heavy atom. The molecule has 2 saturated carbocycles. The fraction of sp³-hybridized carbons (Fsp3) is 0.432. The van der Waals surface area contributed by atoms with Crippen LogP contribution in [0.2, 0.25) is 0 Å². The molecule has 3 aromatic rings. The van der Waals surface area contributed by atoms with Crippen LogP contribution in [0.4, 0.5) is 4.79 Å². The second kappa shape index (κ2) is 12.1. The monoisotopic (exact) mass is 635 g/mol. The van der Waals surface area contributed by atoms with E-state index in [-0.39, 0.29) is 24.8 Å². The molecule has 4 aliphatic rings.